The molecule has 1 N–H and O–H groups in total. The van der Waals surface area contributed by atoms with Gasteiger partial charge in [-0.05, 0) is 61.9 Å². The Morgan fingerprint density at radius 3 is 2.57 bits per heavy atom. The molecule has 7 nitrogen and oxygen atoms in total. The molecule has 1 unspecified atom stereocenters. The SMILES string of the molecule is CCN(C(=O)c1cccc(Oc2cc(C(C)(O)c3cncn3C)ccc2C#N)c1)c1ccccc1. The molecule has 0 aliphatic carbocycles. The summed E-state index contributed by atoms with van der Waals surface area (Å²) in [6.45, 7) is 4.10. The number of carbonyl (C=O) groups excluding carboxylic acids is 1. The molecule has 1 amide bonds. The van der Waals surface area contributed by atoms with Crippen molar-refractivity contribution in [3.63, 3.8) is 0 Å². The Bertz CT molecular complexity index is 1390. The lowest BCUT2D eigenvalue weighted by atomic mass is 9.91. The molecule has 0 radical (unpaired) electrons. The molecular formula is C28H26N4O3. The number of aliphatic hydroxyl groups is 1. The third kappa shape index (κ3) is 4.79. The molecule has 35 heavy (non-hydrogen) atoms. The summed E-state index contributed by atoms with van der Waals surface area (Å²) >= 11 is 0. The van der Waals surface area contributed by atoms with Crippen LogP contribution in [-0.4, -0.2) is 27.1 Å². The zero-order chi connectivity index (χ0) is 25.0. The zero-order valence-corrected chi connectivity index (χ0v) is 19.8. The van der Waals surface area contributed by atoms with E-state index in [1.165, 1.54) is 0 Å². The molecule has 4 rings (SSSR count). The second-order valence-electron chi connectivity index (χ2n) is 8.30. The van der Waals surface area contributed by atoms with Crippen molar-refractivity contribution in [2.45, 2.75) is 19.4 Å². The van der Waals surface area contributed by atoms with Crippen LogP contribution in [0.1, 0.15) is 41.0 Å². The van der Waals surface area contributed by atoms with Gasteiger partial charge in [-0.1, -0.05) is 30.3 Å². The Labute approximate surface area is 204 Å². The minimum absolute atomic E-state index is 0.155. The minimum atomic E-state index is -1.35. The lowest BCUT2D eigenvalue weighted by Gasteiger charge is -2.25. The van der Waals surface area contributed by atoms with Crippen molar-refractivity contribution < 1.29 is 14.6 Å². The van der Waals surface area contributed by atoms with E-state index < -0.39 is 5.60 Å². The third-order valence-corrected chi connectivity index (χ3v) is 5.92. The van der Waals surface area contributed by atoms with Crippen LogP contribution in [0.3, 0.4) is 0 Å². The van der Waals surface area contributed by atoms with Crippen LogP contribution in [-0.2, 0) is 12.6 Å². The number of imidazole rings is 1. The minimum Gasteiger partial charge on any atom is -0.456 e. The molecule has 1 aromatic heterocycles. The number of para-hydroxylation sites is 1. The summed E-state index contributed by atoms with van der Waals surface area (Å²) in [4.78, 5) is 19.0. The van der Waals surface area contributed by atoms with Gasteiger partial charge >= 0.3 is 0 Å². The number of amides is 1. The van der Waals surface area contributed by atoms with Gasteiger partial charge in [0.15, 0.2) is 0 Å². The molecule has 0 fully saturated rings. The first-order valence-electron chi connectivity index (χ1n) is 11.2. The number of carbonyl (C=O) groups is 1. The van der Waals surface area contributed by atoms with Crippen LogP contribution in [0, 0.1) is 11.3 Å². The summed E-state index contributed by atoms with van der Waals surface area (Å²) < 4.78 is 7.80. The summed E-state index contributed by atoms with van der Waals surface area (Å²) in [5, 5.41) is 20.9. The molecule has 4 aromatic rings. The number of hydrogen-bond acceptors (Lipinski definition) is 5. The molecule has 0 spiro atoms. The van der Waals surface area contributed by atoms with Crippen molar-refractivity contribution in [1.29, 1.82) is 5.26 Å². The molecule has 0 aliphatic rings. The highest BCUT2D eigenvalue weighted by atomic mass is 16.5. The Balaban J connectivity index is 1.65. The van der Waals surface area contributed by atoms with Crippen LogP contribution in [0.2, 0.25) is 0 Å². The second-order valence-corrected chi connectivity index (χ2v) is 8.30. The molecule has 0 aliphatic heterocycles. The van der Waals surface area contributed by atoms with Crippen LogP contribution in [0.4, 0.5) is 5.69 Å². The van der Waals surface area contributed by atoms with E-state index in [1.807, 2.05) is 37.3 Å². The molecule has 1 atom stereocenters. The highest BCUT2D eigenvalue weighted by Crippen LogP contribution is 2.34. The summed E-state index contributed by atoms with van der Waals surface area (Å²) in [7, 11) is 1.80. The predicted octanol–water partition coefficient (Wildman–Crippen LogP) is 5.01. The number of ether oxygens (including phenoxy) is 1. The average Bonchev–Trinajstić information content (AvgIpc) is 3.32. The van der Waals surface area contributed by atoms with Crippen molar-refractivity contribution in [3.8, 4) is 17.6 Å². The predicted molar refractivity (Wildman–Crippen MR) is 133 cm³/mol. The van der Waals surface area contributed by atoms with E-state index in [0.29, 0.717) is 34.7 Å². The molecule has 0 saturated heterocycles. The van der Waals surface area contributed by atoms with Gasteiger partial charge < -0.3 is 19.3 Å². The fraction of sp³-hybridized carbons (Fsp3) is 0.179. The van der Waals surface area contributed by atoms with Gasteiger partial charge in [0, 0.05) is 24.8 Å². The van der Waals surface area contributed by atoms with E-state index >= 15 is 0 Å². The van der Waals surface area contributed by atoms with Crippen LogP contribution in [0.15, 0.2) is 85.3 Å². The summed E-state index contributed by atoms with van der Waals surface area (Å²) in [5.41, 5.74) is 1.37. The number of nitriles is 1. The Morgan fingerprint density at radius 2 is 1.91 bits per heavy atom. The van der Waals surface area contributed by atoms with Crippen molar-refractivity contribution in [2.24, 2.45) is 7.05 Å². The average molecular weight is 467 g/mol. The van der Waals surface area contributed by atoms with Crippen LogP contribution in [0.25, 0.3) is 0 Å². The van der Waals surface area contributed by atoms with E-state index in [0.717, 1.165) is 5.69 Å². The van der Waals surface area contributed by atoms with Crippen molar-refractivity contribution >= 4 is 11.6 Å². The first-order valence-corrected chi connectivity index (χ1v) is 11.2. The van der Waals surface area contributed by atoms with Crippen LogP contribution in [0.5, 0.6) is 11.5 Å². The first kappa shape index (κ1) is 23.7. The largest absolute Gasteiger partial charge is 0.456 e. The summed E-state index contributed by atoms with van der Waals surface area (Å²) in [5.74, 6) is 0.541. The fourth-order valence-electron chi connectivity index (χ4n) is 4.00. The Kier molecular flexibility index (Phi) is 6.67. The number of rotatable bonds is 7. The number of hydrogen-bond donors (Lipinski definition) is 1. The van der Waals surface area contributed by atoms with Crippen molar-refractivity contribution in [2.75, 3.05) is 11.4 Å². The van der Waals surface area contributed by atoms with Gasteiger partial charge in [-0.3, -0.25) is 4.79 Å². The maximum atomic E-state index is 13.2. The van der Waals surface area contributed by atoms with Crippen molar-refractivity contribution in [3.05, 3.63) is 108 Å². The van der Waals surface area contributed by atoms with Crippen LogP contribution >= 0.6 is 0 Å². The maximum Gasteiger partial charge on any atom is 0.258 e. The number of nitrogens with zero attached hydrogens (tertiary/aromatic N) is 4. The van der Waals surface area contributed by atoms with Gasteiger partial charge in [0.1, 0.15) is 23.2 Å². The van der Waals surface area contributed by atoms with E-state index in [9.17, 15) is 15.2 Å². The smallest absolute Gasteiger partial charge is 0.258 e. The van der Waals surface area contributed by atoms with E-state index in [2.05, 4.69) is 11.1 Å². The van der Waals surface area contributed by atoms with Gasteiger partial charge in [0.2, 0.25) is 0 Å². The van der Waals surface area contributed by atoms with Gasteiger partial charge in [0.05, 0.1) is 23.8 Å². The Morgan fingerprint density at radius 1 is 1.14 bits per heavy atom. The molecule has 7 heteroatoms. The lowest BCUT2D eigenvalue weighted by Crippen LogP contribution is -2.30. The number of benzene rings is 3. The highest BCUT2D eigenvalue weighted by molar-refractivity contribution is 6.06. The lowest BCUT2D eigenvalue weighted by molar-refractivity contribution is 0.0939. The molecule has 3 aromatic carbocycles. The summed E-state index contributed by atoms with van der Waals surface area (Å²) in [6, 6.07) is 23.4. The zero-order valence-electron chi connectivity index (χ0n) is 19.8. The van der Waals surface area contributed by atoms with Crippen molar-refractivity contribution in [1.82, 2.24) is 9.55 Å². The monoisotopic (exact) mass is 466 g/mol. The van der Waals surface area contributed by atoms with Gasteiger partial charge in [-0.25, -0.2) is 4.98 Å². The third-order valence-electron chi connectivity index (χ3n) is 5.92. The number of anilines is 1. The molecule has 0 bridgehead atoms. The number of aromatic nitrogens is 2. The molecule has 1 heterocycles. The first-order chi connectivity index (χ1) is 16.8. The van der Waals surface area contributed by atoms with Gasteiger partial charge in [-0.15, -0.1) is 0 Å². The molecule has 176 valence electrons. The highest BCUT2D eigenvalue weighted by Gasteiger charge is 2.29. The molecule has 0 saturated carbocycles. The summed E-state index contributed by atoms with van der Waals surface area (Å²) in [6.07, 6.45) is 3.21. The normalized spacial score (nSPS) is 12.4. The fourth-order valence-corrected chi connectivity index (χ4v) is 4.00. The number of aryl methyl sites for hydroxylation is 1. The quantitative estimate of drug-likeness (QED) is 0.414. The topological polar surface area (TPSA) is 91.4 Å². The standard InChI is InChI=1S/C28H26N4O3/c1-4-32(23-10-6-5-7-11-23)27(33)20-9-8-12-24(15-20)35-25-16-22(14-13-21(25)17-29)28(2,34)26-18-30-19-31(26)3/h5-16,18-19,34H,4H2,1-3H3. The van der Waals surface area contributed by atoms with E-state index in [-0.39, 0.29) is 11.7 Å². The van der Waals surface area contributed by atoms with Gasteiger partial charge in [-0.2, -0.15) is 5.26 Å². The van der Waals surface area contributed by atoms with E-state index in [1.54, 1.807) is 78.4 Å². The second kappa shape index (κ2) is 9.84. The van der Waals surface area contributed by atoms with Crippen LogP contribution < -0.4 is 9.64 Å². The maximum absolute atomic E-state index is 13.2. The van der Waals surface area contributed by atoms with E-state index in [4.69, 9.17) is 4.74 Å². The Hall–Kier alpha value is -4.41. The van der Waals surface area contributed by atoms with Gasteiger partial charge in [0.25, 0.3) is 5.91 Å². The molecular weight excluding hydrogens is 440 g/mol.